The second-order valence-electron chi connectivity index (χ2n) is 7.35. The molecule has 0 unspecified atom stereocenters. The van der Waals surface area contributed by atoms with E-state index in [0.29, 0.717) is 10.8 Å². The molecule has 0 aliphatic heterocycles. The molecule has 0 heterocycles. The minimum absolute atomic E-state index is 0.471. The Balaban J connectivity index is 4.25. The molecular weight excluding hydrogens is 175 g/mol. The lowest BCUT2D eigenvalue weighted by molar-refractivity contribution is 0.237. The first kappa shape index (κ1) is 13.4. The second-order valence-corrected chi connectivity index (χ2v) is 12.2. The van der Waals surface area contributed by atoms with E-state index in [1.54, 1.807) is 0 Å². The van der Waals surface area contributed by atoms with Crippen LogP contribution in [0.1, 0.15) is 41.0 Å². The second kappa shape index (κ2) is 3.89. The van der Waals surface area contributed by atoms with Crippen LogP contribution < -0.4 is 0 Å². The van der Waals surface area contributed by atoms with Crippen molar-refractivity contribution in [1.29, 1.82) is 0 Å². The average molecular weight is 203 g/mol. The van der Waals surface area contributed by atoms with Gasteiger partial charge in [0.25, 0.3) is 0 Å². The molecule has 0 bridgehead atoms. The fourth-order valence-electron chi connectivity index (χ4n) is 2.78. The molecular formula is C12H28P+. The van der Waals surface area contributed by atoms with Crippen molar-refractivity contribution in [2.75, 3.05) is 26.2 Å². The molecule has 0 fully saturated rings. The lowest BCUT2D eigenvalue weighted by Crippen LogP contribution is -2.25. The summed E-state index contributed by atoms with van der Waals surface area (Å²) in [6, 6.07) is 0. The van der Waals surface area contributed by atoms with Gasteiger partial charge >= 0.3 is 0 Å². The van der Waals surface area contributed by atoms with Crippen LogP contribution >= 0.6 is 7.26 Å². The van der Waals surface area contributed by atoms with Crippen LogP contribution in [0.15, 0.2) is 0 Å². The molecule has 0 spiro atoms. The fourth-order valence-corrected chi connectivity index (χ4v) is 5.46. The van der Waals surface area contributed by atoms with E-state index in [0.717, 1.165) is 0 Å². The molecule has 0 radical (unpaired) electrons. The molecule has 0 atom stereocenters. The summed E-state index contributed by atoms with van der Waals surface area (Å²) >= 11 is 0. The number of rotatable bonds is 3. The highest BCUT2D eigenvalue weighted by molar-refractivity contribution is 7.73. The zero-order chi connectivity index (χ0) is 10.9. The van der Waals surface area contributed by atoms with Crippen molar-refractivity contribution < 1.29 is 0 Å². The standard InChI is InChI=1S/C12H28P/c1-11(2,3)9-12(4,5)10-13(6,7)8/h9-10H2,1-8H3/q+1. The van der Waals surface area contributed by atoms with Crippen LogP contribution in [0, 0.1) is 10.8 Å². The Morgan fingerprint density at radius 3 is 1.46 bits per heavy atom. The Morgan fingerprint density at radius 1 is 0.846 bits per heavy atom. The molecule has 0 aliphatic carbocycles. The molecule has 0 aromatic rings. The van der Waals surface area contributed by atoms with Gasteiger partial charge < -0.3 is 0 Å². The number of hydrogen-bond donors (Lipinski definition) is 0. The van der Waals surface area contributed by atoms with Gasteiger partial charge in [-0.15, -0.1) is 0 Å². The third-order valence-corrected chi connectivity index (χ3v) is 3.72. The van der Waals surface area contributed by atoms with Gasteiger partial charge in [0.15, 0.2) is 0 Å². The molecule has 0 rings (SSSR count). The van der Waals surface area contributed by atoms with Gasteiger partial charge in [0, 0.05) is 27.3 Å². The van der Waals surface area contributed by atoms with Gasteiger partial charge in [-0.25, -0.2) is 0 Å². The minimum Gasteiger partial charge on any atom is -0.0602 e. The van der Waals surface area contributed by atoms with Gasteiger partial charge in [0.1, 0.15) is 0 Å². The van der Waals surface area contributed by atoms with Crippen molar-refractivity contribution in [2.45, 2.75) is 41.0 Å². The topological polar surface area (TPSA) is 0 Å². The van der Waals surface area contributed by atoms with E-state index in [4.69, 9.17) is 0 Å². The fraction of sp³-hybridized carbons (Fsp3) is 1.00. The van der Waals surface area contributed by atoms with Gasteiger partial charge in [-0.05, 0) is 17.3 Å². The van der Waals surface area contributed by atoms with Gasteiger partial charge in [-0.2, -0.15) is 0 Å². The monoisotopic (exact) mass is 203 g/mol. The minimum atomic E-state index is -0.623. The van der Waals surface area contributed by atoms with Crippen molar-refractivity contribution >= 4 is 7.26 Å². The molecule has 80 valence electrons. The maximum atomic E-state index is 2.44. The molecule has 0 N–H and O–H groups in total. The summed E-state index contributed by atoms with van der Waals surface area (Å²) in [5.74, 6) is 0. The largest absolute Gasteiger partial charge is 0.0637 e. The Bertz CT molecular complexity index is 137. The van der Waals surface area contributed by atoms with Gasteiger partial charge in [-0.1, -0.05) is 34.6 Å². The maximum absolute atomic E-state index is 2.44. The molecule has 1 heteroatoms. The summed E-state index contributed by atoms with van der Waals surface area (Å²) in [6.07, 6.45) is 2.74. The lowest BCUT2D eigenvalue weighted by Gasteiger charge is -2.33. The average Bonchev–Trinajstić information content (AvgIpc) is 1.43. The van der Waals surface area contributed by atoms with Crippen LogP contribution in [0.4, 0.5) is 0 Å². The molecule has 0 amide bonds. The summed E-state index contributed by atoms with van der Waals surface area (Å²) in [4.78, 5) is 0. The highest BCUT2D eigenvalue weighted by Gasteiger charge is 2.33. The Morgan fingerprint density at radius 2 is 1.23 bits per heavy atom. The molecule has 0 aliphatic rings. The Hall–Kier alpha value is 0.430. The van der Waals surface area contributed by atoms with Crippen molar-refractivity contribution in [1.82, 2.24) is 0 Å². The maximum Gasteiger partial charge on any atom is 0.0637 e. The van der Waals surface area contributed by atoms with E-state index in [9.17, 15) is 0 Å². The zero-order valence-electron chi connectivity index (χ0n) is 10.9. The van der Waals surface area contributed by atoms with E-state index in [1.807, 2.05) is 0 Å². The van der Waals surface area contributed by atoms with Crippen molar-refractivity contribution in [3.05, 3.63) is 0 Å². The third kappa shape index (κ3) is 8.75. The quantitative estimate of drug-likeness (QED) is 0.598. The van der Waals surface area contributed by atoms with E-state index < -0.39 is 7.26 Å². The first-order valence-corrected chi connectivity index (χ1v) is 8.53. The predicted octanol–water partition coefficient (Wildman–Crippen LogP) is 4.36. The zero-order valence-corrected chi connectivity index (χ0v) is 11.8. The summed E-state index contributed by atoms with van der Waals surface area (Å²) in [6.45, 7) is 19.2. The Labute approximate surface area is 85.8 Å². The van der Waals surface area contributed by atoms with Gasteiger partial charge in [0.2, 0.25) is 0 Å². The summed E-state index contributed by atoms with van der Waals surface area (Å²) in [5, 5.41) is 0. The Kier molecular flexibility index (Phi) is 4.02. The van der Waals surface area contributed by atoms with Gasteiger partial charge in [0.05, 0.1) is 6.16 Å². The smallest absolute Gasteiger partial charge is 0.0602 e. The summed E-state index contributed by atoms with van der Waals surface area (Å²) < 4.78 is 0. The van der Waals surface area contributed by atoms with Crippen LogP contribution in [-0.2, 0) is 0 Å². The van der Waals surface area contributed by atoms with E-state index in [2.05, 4.69) is 54.6 Å². The molecule has 13 heavy (non-hydrogen) atoms. The third-order valence-electron chi connectivity index (χ3n) is 1.91. The molecule has 0 saturated heterocycles. The molecule has 0 aromatic heterocycles. The molecule has 0 saturated carbocycles. The predicted molar refractivity (Wildman–Crippen MR) is 67.4 cm³/mol. The van der Waals surface area contributed by atoms with E-state index >= 15 is 0 Å². The summed E-state index contributed by atoms with van der Waals surface area (Å²) in [5.41, 5.74) is 0.989. The van der Waals surface area contributed by atoms with Crippen molar-refractivity contribution in [3.63, 3.8) is 0 Å². The van der Waals surface area contributed by atoms with Gasteiger partial charge in [-0.3, -0.25) is 0 Å². The van der Waals surface area contributed by atoms with E-state index in [-0.39, 0.29) is 0 Å². The van der Waals surface area contributed by atoms with Crippen LogP contribution in [0.2, 0.25) is 0 Å². The van der Waals surface area contributed by atoms with E-state index in [1.165, 1.54) is 12.6 Å². The van der Waals surface area contributed by atoms with Crippen molar-refractivity contribution in [2.24, 2.45) is 10.8 Å². The molecule has 0 nitrogen and oxygen atoms in total. The van der Waals surface area contributed by atoms with Crippen LogP contribution in [-0.4, -0.2) is 26.2 Å². The first-order valence-electron chi connectivity index (χ1n) is 5.22. The summed E-state index contributed by atoms with van der Waals surface area (Å²) in [7, 11) is -0.623. The highest BCUT2D eigenvalue weighted by atomic mass is 31.2. The van der Waals surface area contributed by atoms with Crippen molar-refractivity contribution in [3.8, 4) is 0 Å². The normalized spacial score (nSPS) is 14.8. The lowest BCUT2D eigenvalue weighted by atomic mass is 9.77. The van der Waals surface area contributed by atoms with Crippen LogP contribution in [0.5, 0.6) is 0 Å². The highest BCUT2D eigenvalue weighted by Crippen LogP contribution is 2.53. The first-order chi connectivity index (χ1) is 5.41. The van der Waals surface area contributed by atoms with Crippen LogP contribution in [0.25, 0.3) is 0 Å². The molecule has 0 aromatic carbocycles. The van der Waals surface area contributed by atoms with Crippen LogP contribution in [0.3, 0.4) is 0 Å². The SMILES string of the molecule is CC(C)(C)CC(C)(C)C[P+](C)(C)C. The number of hydrogen-bond acceptors (Lipinski definition) is 0.